The van der Waals surface area contributed by atoms with Crippen LogP contribution in [0.4, 0.5) is 0 Å². The molecule has 19 heavy (non-hydrogen) atoms. The van der Waals surface area contributed by atoms with Crippen molar-refractivity contribution in [2.24, 2.45) is 5.92 Å². The Balaban J connectivity index is 2.04. The van der Waals surface area contributed by atoms with Gasteiger partial charge in [0, 0.05) is 36.5 Å². The predicted octanol–water partition coefficient (Wildman–Crippen LogP) is 2.67. The molecule has 0 saturated heterocycles. The van der Waals surface area contributed by atoms with Gasteiger partial charge < -0.3 is 13.9 Å². The van der Waals surface area contributed by atoms with Crippen molar-refractivity contribution in [2.45, 2.75) is 26.4 Å². The summed E-state index contributed by atoms with van der Waals surface area (Å²) < 4.78 is 7.41. The molecule has 2 aromatic heterocycles. The van der Waals surface area contributed by atoms with Crippen molar-refractivity contribution in [1.82, 2.24) is 9.47 Å². The van der Waals surface area contributed by atoms with Crippen LogP contribution in [0.25, 0.3) is 0 Å². The van der Waals surface area contributed by atoms with Crippen molar-refractivity contribution in [1.29, 1.82) is 0 Å². The third-order valence-electron chi connectivity index (χ3n) is 3.67. The van der Waals surface area contributed by atoms with Crippen molar-refractivity contribution < 1.29 is 9.21 Å². The van der Waals surface area contributed by atoms with Crippen LogP contribution >= 0.6 is 0 Å². The number of fused-ring (bicyclic) bond motifs is 1. The highest BCUT2D eigenvalue weighted by Gasteiger charge is 2.33. The SMILES string of the molecule is CC(C)C(=O)N1CCn2cccc2[C@H]1c1ccoc1. The Bertz CT molecular complexity index is 569. The van der Waals surface area contributed by atoms with Crippen LogP contribution in [0.3, 0.4) is 0 Å². The minimum absolute atomic E-state index is 0.0101. The second-order valence-electron chi connectivity index (χ2n) is 5.27. The molecule has 0 spiro atoms. The molecular weight excluding hydrogens is 240 g/mol. The van der Waals surface area contributed by atoms with Gasteiger partial charge in [0.05, 0.1) is 12.5 Å². The summed E-state index contributed by atoms with van der Waals surface area (Å²) in [6.07, 6.45) is 5.46. The van der Waals surface area contributed by atoms with E-state index >= 15 is 0 Å². The van der Waals surface area contributed by atoms with E-state index in [4.69, 9.17) is 4.42 Å². The highest BCUT2D eigenvalue weighted by atomic mass is 16.3. The van der Waals surface area contributed by atoms with E-state index < -0.39 is 0 Å². The maximum atomic E-state index is 12.4. The molecule has 0 aromatic carbocycles. The van der Waals surface area contributed by atoms with Gasteiger partial charge in [0.2, 0.25) is 5.91 Å². The van der Waals surface area contributed by atoms with Crippen LogP contribution in [0.2, 0.25) is 0 Å². The van der Waals surface area contributed by atoms with Crippen LogP contribution in [0.5, 0.6) is 0 Å². The monoisotopic (exact) mass is 258 g/mol. The van der Waals surface area contributed by atoms with Gasteiger partial charge in [-0.3, -0.25) is 4.79 Å². The molecule has 3 rings (SSSR count). The fourth-order valence-electron chi connectivity index (χ4n) is 2.73. The number of aromatic nitrogens is 1. The molecule has 1 aliphatic rings. The van der Waals surface area contributed by atoms with Crippen molar-refractivity contribution in [3.63, 3.8) is 0 Å². The summed E-state index contributed by atoms with van der Waals surface area (Å²) in [4.78, 5) is 14.4. The van der Waals surface area contributed by atoms with Crippen LogP contribution in [0.1, 0.15) is 31.1 Å². The molecule has 0 radical (unpaired) electrons. The van der Waals surface area contributed by atoms with Gasteiger partial charge in [0.1, 0.15) is 6.04 Å². The van der Waals surface area contributed by atoms with Crippen LogP contribution in [-0.2, 0) is 11.3 Å². The minimum atomic E-state index is -0.0302. The van der Waals surface area contributed by atoms with E-state index in [0.717, 1.165) is 24.3 Å². The van der Waals surface area contributed by atoms with Gasteiger partial charge in [-0.2, -0.15) is 0 Å². The Kier molecular flexibility index (Phi) is 2.93. The number of hydrogen-bond acceptors (Lipinski definition) is 2. The lowest BCUT2D eigenvalue weighted by molar-refractivity contribution is -0.137. The fraction of sp³-hybridized carbons (Fsp3) is 0.400. The van der Waals surface area contributed by atoms with Gasteiger partial charge in [0.25, 0.3) is 0 Å². The second kappa shape index (κ2) is 4.61. The lowest BCUT2D eigenvalue weighted by atomic mass is 10.0. The average Bonchev–Trinajstić information content (AvgIpc) is 3.07. The molecule has 0 unspecified atom stereocenters. The number of amides is 1. The van der Waals surface area contributed by atoms with E-state index in [2.05, 4.69) is 16.8 Å². The van der Waals surface area contributed by atoms with Gasteiger partial charge in [-0.15, -0.1) is 0 Å². The van der Waals surface area contributed by atoms with Gasteiger partial charge in [-0.05, 0) is 18.2 Å². The van der Waals surface area contributed by atoms with Crippen molar-refractivity contribution in [2.75, 3.05) is 6.54 Å². The minimum Gasteiger partial charge on any atom is -0.472 e. The van der Waals surface area contributed by atoms with Crippen LogP contribution in [0.15, 0.2) is 41.3 Å². The summed E-state index contributed by atoms with van der Waals surface area (Å²) >= 11 is 0. The molecule has 0 fully saturated rings. The zero-order chi connectivity index (χ0) is 13.4. The summed E-state index contributed by atoms with van der Waals surface area (Å²) in [7, 11) is 0. The second-order valence-corrected chi connectivity index (χ2v) is 5.27. The summed E-state index contributed by atoms with van der Waals surface area (Å²) in [6.45, 7) is 5.49. The summed E-state index contributed by atoms with van der Waals surface area (Å²) in [5, 5.41) is 0. The first kappa shape index (κ1) is 12.1. The average molecular weight is 258 g/mol. The normalized spacial score (nSPS) is 18.7. The van der Waals surface area contributed by atoms with E-state index in [1.807, 2.05) is 30.9 Å². The molecule has 0 saturated carbocycles. The molecule has 1 amide bonds. The van der Waals surface area contributed by atoms with E-state index in [1.54, 1.807) is 12.5 Å². The van der Waals surface area contributed by atoms with Crippen LogP contribution in [0, 0.1) is 5.92 Å². The maximum absolute atomic E-state index is 12.4. The number of carbonyl (C=O) groups excluding carboxylic acids is 1. The highest BCUT2D eigenvalue weighted by Crippen LogP contribution is 2.33. The Morgan fingerprint density at radius 2 is 2.21 bits per heavy atom. The first-order valence-electron chi connectivity index (χ1n) is 6.66. The molecule has 2 aromatic rings. The van der Waals surface area contributed by atoms with Gasteiger partial charge in [-0.25, -0.2) is 0 Å². The smallest absolute Gasteiger partial charge is 0.226 e. The van der Waals surface area contributed by atoms with Gasteiger partial charge in [0.15, 0.2) is 0 Å². The molecule has 0 bridgehead atoms. The summed E-state index contributed by atoms with van der Waals surface area (Å²) in [5.74, 6) is 0.203. The molecule has 1 atom stereocenters. The summed E-state index contributed by atoms with van der Waals surface area (Å²) in [6, 6.07) is 6.02. The van der Waals surface area contributed by atoms with Gasteiger partial charge in [-0.1, -0.05) is 13.8 Å². The zero-order valence-electron chi connectivity index (χ0n) is 11.2. The molecule has 100 valence electrons. The van der Waals surface area contributed by atoms with Crippen LogP contribution in [-0.4, -0.2) is 21.9 Å². The zero-order valence-corrected chi connectivity index (χ0v) is 11.2. The van der Waals surface area contributed by atoms with Crippen LogP contribution < -0.4 is 0 Å². The number of hydrogen-bond donors (Lipinski definition) is 0. The predicted molar refractivity (Wildman–Crippen MR) is 71.5 cm³/mol. The topological polar surface area (TPSA) is 38.4 Å². The van der Waals surface area contributed by atoms with Crippen molar-refractivity contribution >= 4 is 5.91 Å². The van der Waals surface area contributed by atoms with E-state index in [-0.39, 0.29) is 17.9 Å². The lowest BCUT2D eigenvalue weighted by Crippen LogP contribution is -2.44. The standard InChI is InChI=1S/C15H18N2O2/c1-11(2)15(18)17-8-7-16-6-3-4-13(16)14(17)12-5-9-19-10-12/h3-6,9-11,14H,7-8H2,1-2H3/t14-/m1/s1. The number of rotatable bonds is 2. The first-order valence-corrected chi connectivity index (χ1v) is 6.66. The molecule has 4 heteroatoms. The number of nitrogens with zero attached hydrogens (tertiary/aromatic N) is 2. The first-order chi connectivity index (χ1) is 9.18. The fourth-order valence-corrected chi connectivity index (χ4v) is 2.73. The Morgan fingerprint density at radius 1 is 1.37 bits per heavy atom. The summed E-state index contributed by atoms with van der Waals surface area (Å²) in [5.41, 5.74) is 2.19. The third kappa shape index (κ3) is 1.97. The number of furan rings is 1. The number of carbonyl (C=O) groups is 1. The quantitative estimate of drug-likeness (QED) is 0.830. The molecular formula is C15H18N2O2. The molecule has 0 N–H and O–H groups in total. The van der Waals surface area contributed by atoms with Crippen molar-refractivity contribution in [3.8, 4) is 0 Å². The van der Waals surface area contributed by atoms with E-state index in [0.29, 0.717) is 0 Å². The maximum Gasteiger partial charge on any atom is 0.226 e. The molecule has 3 heterocycles. The molecule has 0 aliphatic carbocycles. The highest BCUT2D eigenvalue weighted by molar-refractivity contribution is 5.79. The lowest BCUT2D eigenvalue weighted by Gasteiger charge is -2.37. The Labute approximate surface area is 112 Å². The molecule has 1 aliphatic heterocycles. The van der Waals surface area contributed by atoms with Crippen molar-refractivity contribution in [3.05, 3.63) is 48.2 Å². The Hall–Kier alpha value is -1.97. The Morgan fingerprint density at radius 3 is 2.89 bits per heavy atom. The third-order valence-corrected chi connectivity index (χ3v) is 3.67. The largest absolute Gasteiger partial charge is 0.472 e. The van der Waals surface area contributed by atoms with Gasteiger partial charge >= 0.3 is 0 Å². The van der Waals surface area contributed by atoms with E-state index in [1.165, 1.54) is 0 Å². The van der Waals surface area contributed by atoms with E-state index in [9.17, 15) is 4.79 Å². The molecule has 4 nitrogen and oxygen atoms in total.